The van der Waals surface area contributed by atoms with Crippen LogP contribution in [0, 0.1) is 25.2 Å². The van der Waals surface area contributed by atoms with Crippen molar-refractivity contribution in [1.82, 2.24) is 4.90 Å². The summed E-state index contributed by atoms with van der Waals surface area (Å²) in [7, 11) is 0. The van der Waals surface area contributed by atoms with Crippen LogP contribution in [0.15, 0.2) is 42.5 Å². The largest absolute Gasteiger partial charge is 0.452 e. The Balaban J connectivity index is 1.62. The van der Waals surface area contributed by atoms with Crippen molar-refractivity contribution in [1.29, 1.82) is 5.26 Å². The molecule has 2 aromatic carbocycles. The molecule has 33 heavy (non-hydrogen) atoms. The Labute approximate surface area is 192 Å². The van der Waals surface area contributed by atoms with Crippen LogP contribution in [0.1, 0.15) is 46.3 Å². The number of hydrogen-bond donors (Lipinski definition) is 0. The third-order valence-electron chi connectivity index (χ3n) is 5.28. The van der Waals surface area contributed by atoms with Gasteiger partial charge in [0.25, 0.3) is 5.91 Å². The van der Waals surface area contributed by atoms with E-state index in [0.717, 1.165) is 11.1 Å². The Morgan fingerprint density at radius 1 is 1.03 bits per heavy atom. The molecule has 2 aromatic rings. The summed E-state index contributed by atoms with van der Waals surface area (Å²) in [4.78, 5) is 51.4. The monoisotopic (exact) mass is 447 g/mol. The second-order valence-corrected chi connectivity index (χ2v) is 7.95. The number of anilines is 1. The van der Waals surface area contributed by atoms with Crippen LogP contribution in [0.2, 0.25) is 0 Å². The molecule has 0 radical (unpaired) electrons. The topological polar surface area (TPSA) is 108 Å². The van der Waals surface area contributed by atoms with Gasteiger partial charge in [0.1, 0.15) is 0 Å². The van der Waals surface area contributed by atoms with Gasteiger partial charge in [0, 0.05) is 25.1 Å². The van der Waals surface area contributed by atoms with Crippen LogP contribution >= 0.6 is 0 Å². The molecule has 0 saturated carbocycles. The van der Waals surface area contributed by atoms with Crippen LogP contribution < -0.4 is 4.90 Å². The summed E-state index contributed by atoms with van der Waals surface area (Å²) < 4.78 is 5.21. The van der Waals surface area contributed by atoms with E-state index in [-0.39, 0.29) is 49.7 Å². The minimum atomic E-state index is -0.663. The van der Waals surface area contributed by atoms with E-state index in [0.29, 0.717) is 11.3 Å². The maximum Gasteiger partial charge on any atom is 0.338 e. The van der Waals surface area contributed by atoms with E-state index < -0.39 is 18.5 Å². The lowest BCUT2D eigenvalue weighted by atomic mass is 10.1. The number of nitrogens with zero attached hydrogens (tertiary/aromatic N) is 3. The molecule has 0 spiro atoms. The molecule has 1 aliphatic heterocycles. The first-order valence-electron chi connectivity index (χ1n) is 10.6. The smallest absolute Gasteiger partial charge is 0.338 e. The molecule has 0 unspecified atom stereocenters. The van der Waals surface area contributed by atoms with Crippen LogP contribution in [-0.4, -0.2) is 41.7 Å². The molecule has 0 atom stereocenters. The van der Waals surface area contributed by atoms with E-state index in [4.69, 9.17) is 10.00 Å². The number of carbonyl (C=O) groups excluding carboxylic acids is 4. The summed E-state index contributed by atoms with van der Waals surface area (Å²) >= 11 is 0. The number of aryl methyl sites for hydroxylation is 2. The highest BCUT2D eigenvalue weighted by Crippen LogP contribution is 2.20. The molecule has 0 aromatic heterocycles. The van der Waals surface area contributed by atoms with E-state index in [1.165, 1.54) is 21.9 Å². The summed E-state index contributed by atoms with van der Waals surface area (Å²) in [5, 5.41) is 8.95. The van der Waals surface area contributed by atoms with Crippen LogP contribution in [0.4, 0.5) is 5.69 Å². The van der Waals surface area contributed by atoms with E-state index in [2.05, 4.69) is 0 Å². The Morgan fingerprint density at radius 2 is 1.64 bits per heavy atom. The number of benzene rings is 2. The number of hydrogen-bond acceptors (Lipinski definition) is 6. The fourth-order valence-electron chi connectivity index (χ4n) is 3.68. The number of ether oxygens (including phenoxy) is 1. The first-order chi connectivity index (χ1) is 15.8. The molecule has 8 heteroatoms. The van der Waals surface area contributed by atoms with E-state index in [9.17, 15) is 19.2 Å². The highest BCUT2D eigenvalue weighted by Gasteiger charge is 2.28. The SMILES string of the molecule is Cc1cc(C)cc(N(CCC#N)C(=O)COC(=O)c2ccc(CN3C(=O)CCC3=O)cc2)c1. The standard InChI is InChI=1S/C25H25N3O5/c1-17-12-18(2)14-21(13-17)27(11-3-10-26)24(31)16-33-25(32)20-6-4-19(5-7-20)15-28-22(29)8-9-23(28)30/h4-7,12-14H,3,8-9,11,15-16H2,1-2H3. The van der Waals surface area contributed by atoms with Crippen molar-refractivity contribution >= 4 is 29.4 Å². The summed E-state index contributed by atoms with van der Waals surface area (Å²) in [5.41, 5.74) is 3.58. The lowest BCUT2D eigenvalue weighted by Gasteiger charge is -2.22. The van der Waals surface area contributed by atoms with Crippen molar-refractivity contribution < 1.29 is 23.9 Å². The second kappa shape index (κ2) is 10.6. The number of carbonyl (C=O) groups is 4. The zero-order valence-electron chi connectivity index (χ0n) is 18.7. The van der Waals surface area contributed by atoms with Crippen molar-refractivity contribution in [3.8, 4) is 6.07 Å². The normalized spacial score (nSPS) is 13.1. The van der Waals surface area contributed by atoms with Gasteiger partial charge in [-0.3, -0.25) is 19.3 Å². The van der Waals surface area contributed by atoms with Crippen molar-refractivity contribution in [3.63, 3.8) is 0 Å². The van der Waals surface area contributed by atoms with Gasteiger partial charge >= 0.3 is 5.97 Å². The third kappa shape index (κ3) is 6.04. The first kappa shape index (κ1) is 23.7. The molecule has 1 saturated heterocycles. The van der Waals surface area contributed by atoms with Gasteiger partial charge in [-0.05, 0) is 54.8 Å². The minimum absolute atomic E-state index is 0.149. The molecular weight excluding hydrogens is 422 g/mol. The molecule has 3 rings (SSSR count). The van der Waals surface area contributed by atoms with Crippen molar-refractivity contribution in [2.45, 2.75) is 39.7 Å². The Hall–Kier alpha value is -3.99. The van der Waals surface area contributed by atoms with Crippen molar-refractivity contribution in [2.24, 2.45) is 0 Å². The average Bonchev–Trinajstić information content (AvgIpc) is 3.09. The Morgan fingerprint density at radius 3 is 2.21 bits per heavy atom. The second-order valence-electron chi connectivity index (χ2n) is 7.95. The Bertz CT molecular complexity index is 1080. The van der Waals surface area contributed by atoms with Crippen LogP contribution in [-0.2, 0) is 25.7 Å². The van der Waals surface area contributed by atoms with Gasteiger partial charge in [-0.2, -0.15) is 5.26 Å². The summed E-state index contributed by atoms with van der Waals surface area (Å²) in [5.74, 6) is -1.49. The molecule has 1 fully saturated rings. The first-order valence-corrected chi connectivity index (χ1v) is 10.6. The van der Waals surface area contributed by atoms with Crippen LogP contribution in [0.5, 0.6) is 0 Å². The molecule has 0 bridgehead atoms. The van der Waals surface area contributed by atoms with Crippen molar-refractivity contribution in [2.75, 3.05) is 18.1 Å². The number of likely N-dealkylation sites (tertiary alicyclic amines) is 1. The van der Waals surface area contributed by atoms with E-state index in [1.807, 2.05) is 38.1 Å². The molecule has 3 amide bonds. The quantitative estimate of drug-likeness (QED) is 0.455. The fourth-order valence-corrected chi connectivity index (χ4v) is 3.68. The minimum Gasteiger partial charge on any atom is -0.452 e. The van der Waals surface area contributed by atoms with E-state index >= 15 is 0 Å². The van der Waals surface area contributed by atoms with Gasteiger partial charge in [-0.15, -0.1) is 0 Å². The summed E-state index contributed by atoms with van der Waals surface area (Å²) in [6, 6.07) is 14.1. The lowest BCUT2D eigenvalue weighted by molar-refractivity contribution is -0.139. The van der Waals surface area contributed by atoms with Gasteiger partial charge in [0.05, 0.1) is 24.6 Å². The van der Waals surface area contributed by atoms with Crippen LogP contribution in [0.3, 0.4) is 0 Å². The molecule has 1 heterocycles. The van der Waals surface area contributed by atoms with Gasteiger partial charge < -0.3 is 9.64 Å². The predicted octanol–water partition coefficient (Wildman–Crippen LogP) is 3.06. The summed E-state index contributed by atoms with van der Waals surface area (Å²) in [6.45, 7) is 3.73. The molecule has 8 nitrogen and oxygen atoms in total. The lowest BCUT2D eigenvalue weighted by Crippen LogP contribution is -2.35. The zero-order valence-corrected chi connectivity index (χ0v) is 18.7. The van der Waals surface area contributed by atoms with Crippen molar-refractivity contribution in [3.05, 3.63) is 64.7 Å². The number of imide groups is 1. The molecule has 0 aliphatic carbocycles. The molecule has 0 N–H and O–H groups in total. The number of esters is 1. The highest BCUT2D eigenvalue weighted by molar-refractivity contribution is 6.02. The van der Waals surface area contributed by atoms with E-state index in [1.54, 1.807) is 12.1 Å². The average molecular weight is 447 g/mol. The molecular formula is C25H25N3O5. The number of nitriles is 1. The number of rotatable bonds is 8. The predicted molar refractivity (Wildman–Crippen MR) is 120 cm³/mol. The zero-order chi connectivity index (χ0) is 24.0. The fraction of sp³-hybridized carbons (Fsp3) is 0.320. The van der Waals surface area contributed by atoms with Gasteiger partial charge in [-0.1, -0.05) is 18.2 Å². The summed E-state index contributed by atoms with van der Waals surface area (Å²) in [6.07, 6.45) is 0.603. The molecule has 1 aliphatic rings. The molecule has 170 valence electrons. The van der Waals surface area contributed by atoms with Gasteiger partial charge in [0.15, 0.2) is 6.61 Å². The number of amides is 3. The Kier molecular flexibility index (Phi) is 7.57. The maximum atomic E-state index is 12.8. The van der Waals surface area contributed by atoms with Gasteiger partial charge in [0.2, 0.25) is 11.8 Å². The van der Waals surface area contributed by atoms with Crippen LogP contribution in [0.25, 0.3) is 0 Å². The van der Waals surface area contributed by atoms with Gasteiger partial charge in [-0.25, -0.2) is 4.79 Å². The third-order valence-corrected chi connectivity index (χ3v) is 5.28. The maximum absolute atomic E-state index is 12.8. The highest BCUT2D eigenvalue weighted by atomic mass is 16.5.